The van der Waals surface area contributed by atoms with Crippen molar-refractivity contribution in [1.29, 1.82) is 0 Å². The molecule has 0 spiro atoms. The lowest BCUT2D eigenvalue weighted by atomic mass is 10.1. The van der Waals surface area contributed by atoms with Crippen LogP contribution in [0.5, 0.6) is 5.75 Å². The molecule has 3 aromatic rings. The van der Waals surface area contributed by atoms with E-state index in [2.05, 4.69) is 20.2 Å². The summed E-state index contributed by atoms with van der Waals surface area (Å²) in [6.45, 7) is 5.42. The number of nitrogens with one attached hydrogen (secondary N) is 1. The van der Waals surface area contributed by atoms with Crippen LogP contribution in [0.3, 0.4) is 0 Å². The third-order valence-electron chi connectivity index (χ3n) is 4.58. The second-order valence-corrected chi connectivity index (χ2v) is 7.71. The first kappa shape index (κ1) is 22.4. The van der Waals surface area contributed by atoms with Crippen molar-refractivity contribution >= 4 is 29.3 Å². The number of esters is 1. The van der Waals surface area contributed by atoms with Crippen molar-refractivity contribution in [2.75, 3.05) is 19.0 Å². The van der Waals surface area contributed by atoms with E-state index in [1.165, 1.54) is 18.9 Å². The van der Waals surface area contributed by atoms with E-state index in [-0.39, 0.29) is 12.5 Å². The van der Waals surface area contributed by atoms with Gasteiger partial charge in [-0.25, -0.2) is 9.78 Å². The molecular formula is C22H23N3O5S. The third kappa shape index (κ3) is 5.64. The van der Waals surface area contributed by atoms with E-state index in [4.69, 9.17) is 9.26 Å². The zero-order valence-corrected chi connectivity index (χ0v) is 18.5. The molecule has 0 bridgehead atoms. The molecule has 0 atom stereocenters. The van der Waals surface area contributed by atoms with Gasteiger partial charge in [0.1, 0.15) is 16.5 Å². The van der Waals surface area contributed by atoms with Crippen LogP contribution in [-0.2, 0) is 15.3 Å². The van der Waals surface area contributed by atoms with Gasteiger partial charge < -0.3 is 19.3 Å². The van der Waals surface area contributed by atoms with Crippen molar-refractivity contribution in [2.45, 2.75) is 31.6 Å². The molecule has 162 valence electrons. The van der Waals surface area contributed by atoms with Gasteiger partial charge in [-0.15, -0.1) is 11.8 Å². The third-order valence-corrected chi connectivity index (χ3v) is 5.61. The number of anilines is 1. The first-order valence-corrected chi connectivity index (χ1v) is 10.5. The number of thioether (sulfide) groups is 1. The minimum absolute atomic E-state index is 0.178. The maximum atomic E-state index is 12.9. The van der Waals surface area contributed by atoms with E-state index in [1.807, 2.05) is 20.8 Å². The van der Waals surface area contributed by atoms with Gasteiger partial charge in [0.25, 0.3) is 5.91 Å². The Hall–Kier alpha value is -3.33. The number of nitrogens with zero attached hydrogens (tertiary/aromatic N) is 2. The maximum absolute atomic E-state index is 12.9. The molecule has 2 aromatic heterocycles. The molecule has 1 amide bonds. The van der Waals surface area contributed by atoms with Crippen molar-refractivity contribution in [1.82, 2.24) is 10.1 Å². The van der Waals surface area contributed by atoms with Gasteiger partial charge >= 0.3 is 5.97 Å². The van der Waals surface area contributed by atoms with Crippen LogP contribution >= 0.6 is 11.8 Å². The highest BCUT2D eigenvalue weighted by atomic mass is 32.2. The first-order valence-electron chi connectivity index (χ1n) is 9.50. The lowest BCUT2D eigenvalue weighted by molar-refractivity contribution is -0.142. The van der Waals surface area contributed by atoms with E-state index in [1.54, 1.807) is 36.5 Å². The topological polar surface area (TPSA) is 104 Å². The van der Waals surface area contributed by atoms with Crippen LogP contribution in [0.25, 0.3) is 0 Å². The zero-order valence-electron chi connectivity index (χ0n) is 17.7. The highest BCUT2D eigenvalue weighted by Gasteiger charge is 2.16. The van der Waals surface area contributed by atoms with Crippen LogP contribution in [0.15, 0.2) is 46.1 Å². The van der Waals surface area contributed by atoms with Crippen LogP contribution in [0.1, 0.15) is 32.9 Å². The Morgan fingerprint density at radius 1 is 1.19 bits per heavy atom. The summed E-state index contributed by atoms with van der Waals surface area (Å²) in [6, 6.07) is 8.62. The number of aromatic nitrogens is 2. The minimum Gasteiger partial charge on any atom is -0.482 e. The Bertz CT molecular complexity index is 1080. The standard InChI is InChI=1S/C22H23N3O5S/c1-13-10-16(29-11-20(26)28-4)7-8-19(13)24-21(27)17-6-5-9-23-22(17)31-12-18-14(2)25-30-15(18)3/h5-10H,11-12H2,1-4H3,(H,24,27). The van der Waals surface area contributed by atoms with Crippen LogP contribution in [0.2, 0.25) is 0 Å². The maximum Gasteiger partial charge on any atom is 0.343 e. The summed E-state index contributed by atoms with van der Waals surface area (Å²) >= 11 is 1.45. The monoisotopic (exact) mass is 441 g/mol. The van der Waals surface area contributed by atoms with Gasteiger partial charge in [-0.05, 0) is 56.7 Å². The van der Waals surface area contributed by atoms with Crippen molar-refractivity contribution in [3.63, 3.8) is 0 Å². The average molecular weight is 442 g/mol. The van der Waals surface area contributed by atoms with Crippen molar-refractivity contribution in [3.05, 3.63) is 64.7 Å². The number of methoxy groups -OCH3 is 1. The molecule has 31 heavy (non-hydrogen) atoms. The highest BCUT2D eigenvalue weighted by Crippen LogP contribution is 2.28. The summed E-state index contributed by atoms with van der Waals surface area (Å²) in [7, 11) is 1.30. The molecule has 0 aliphatic heterocycles. The number of ether oxygens (including phenoxy) is 2. The lowest BCUT2D eigenvalue weighted by Crippen LogP contribution is -2.15. The van der Waals surface area contributed by atoms with E-state index >= 15 is 0 Å². The summed E-state index contributed by atoms with van der Waals surface area (Å²) in [4.78, 5) is 28.5. The molecule has 9 heteroatoms. The fourth-order valence-corrected chi connectivity index (χ4v) is 3.93. The predicted octanol–water partition coefficient (Wildman–Crippen LogP) is 4.09. The molecule has 0 saturated carbocycles. The van der Waals surface area contributed by atoms with Crippen LogP contribution in [-0.4, -0.2) is 35.7 Å². The van der Waals surface area contributed by atoms with E-state index in [0.29, 0.717) is 27.8 Å². The minimum atomic E-state index is -0.465. The summed E-state index contributed by atoms with van der Waals surface area (Å²) in [5.41, 5.74) is 3.74. The largest absolute Gasteiger partial charge is 0.482 e. The lowest BCUT2D eigenvalue weighted by Gasteiger charge is -2.12. The Morgan fingerprint density at radius 2 is 2.00 bits per heavy atom. The van der Waals surface area contributed by atoms with Gasteiger partial charge in [-0.1, -0.05) is 5.16 Å². The molecule has 8 nitrogen and oxygen atoms in total. The molecule has 0 unspecified atom stereocenters. The number of amides is 1. The Labute approximate surface area is 184 Å². The number of aryl methyl sites for hydroxylation is 3. The second kappa shape index (κ2) is 10.1. The molecule has 1 N–H and O–H groups in total. The summed E-state index contributed by atoms with van der Waals surface area (Å²) in [5, 5.41) is 7.50. The SMILES string of the molecule is COC(=O)COc1ccc(NC(=O)c2cccnc2SCc2c(C)noc2C)c(C)c1. The van der Waals surface area contributed by atoms with Crippen LogP contribution in [0, 0.1) is 20.8 Å². The number of hydrogen-bond acceptors (Lipinski definition) is 8. The summed E-state index contributed by atoms with van der Waals surface area (Å²) in [6.07, 6.45) is 1.66. The van der Waals surface area contributed by atoms with Gasteiger partial charge in [-0.2, -0.15) is 0 Å². The molecular weight excluding hydrogens is 418 g/mol. The van der Waals surface area contributed by atoms with Crippen molar-refractivity contribution < 1.29 is 23.6 Å². The predicted molar refractivity (Wildman–Crippen MR) is 116 cm³/mol. The molecule has 0 aliphatic carbocycles. The van der Waals surface area contributed by atoms with Gasteiger partial charge in [-0.3, -0.25) is 4.79 Å². The molecule has 1 aromatic carbocycles. The van der Waals surface area contributed by atoms with Gasteiger partial charge in [0, 0.05) is 23.2 Å². The number of carbonyl (C=O) groups excluding carboxylic acids is 2. The number of hydrogen-bond donors (Lipinski definition) is 1. The number of carbonyl (C=O) groups is 2. The van der Waals surface area contributed by atoms with Gasteiger partial charge in [0.15, 0.2) is 6.61 Å². The van der Waals surface area contributed by atoms with Gasteiger partial charge in [0.2, 0.25) is 0 Å². The zero-order chi connectivity index (χ0) is 22.4. The molecule has 2 heterocycles. The molecule has 0 fully saturated rings. The average Bonchev–Trinajstić information content (AvgIpc) is 3.09. The normalized spacial score (nSPS) is 10.6. The van der Waals surface area contributed by atoms with Crippen molar-refractivity contribution in [2.24, 2.45) is 0 Å². The quantitative estimate of drug-likeness (QED) is 0.412. The fourth-order valence-electron chi connectivity index (χ4n) is 2.78. The van der Waals surface area contributed by atoms with E-state index in [0.717, 1.165) is 22.6 Å². The number of benzene rings is 1. The molecule has 0 aliphatic rings. The summed E-state index contributed by atoms with van der Waals surface area (Å²) in [5.74, 6) is 1.15. The Kier molecular flexibility index (Phi) is 7.30. The molecule has 0 radical (unpaired) electrons. The Balaban J connectivity index is 1.70. The Morgan fingerprint density at radius 3 is 2.68 bits per heavy atom. The van der Waals surface area contributed by atoms with Crippen LogP contribution < -0.4 is 10.1 Å². The second-order valence-electron chi connectivity index (χ2n) is 6.74. The fraction of sp³-hybridized carbons (Fsp3) is 0.273. The molecule has 0 saturated heterocycles. The van der Waals surface area contributed by atoms with E-state index in [9.17, 15) is 9.59 Å². The number of rotatable bonds is 8. The molecule has 3 rings (SSSR count). The van der Waals surface area contributed by atoms with E-state index < -0.39 is 5.97 Å². The van der Waals surface area contributed by atoms with Crippen molar-refractivity contribution in [3.8, 4) is 5.75 Å². The van der Waals surface area contributed by atoms with Gasteiger partial charge in [0.05, 0.1) is 18.4 Å². The van der Waals surface area contributed by atoms with Crippen LogP contribution in [0.4, 0.5) is 5.69 Å². The highest BCUT2D eigenvalue weighted by molar-refractivity contribution is 7.98. The smallest absolute Gasteiger partial charge is 0.343 e. The summed E-state index contributed by atoms with van der Waals surface area (Å²) < 4.78 is 15.1. The first-order chi connectivity index (χ1) is 14.9. The number of pyridine rings is 1.